The van der Waals surface area contributed by atoms with Crippen LogP contribution in [0.2, 0.25) is 10.0 Å². The molecule has 5 nitrogen and oxygen atoms in total. The molecule has 8 heteroatoms. The van der Waals surface area contributed by atoms with Crippen molar-refractivity contribution >= 4 is 38.9 Å². The van der Waals surface area contributed by atoms with E-state index in [0.29, 0.717) is 6.04 Å². The van der Waals surface area contributed by atoms with Gasteiger partial charge in [0.25, 0.3) is 10.0 Å². The fourth-order valence-corrected chi connectivity index (χ4v) is 3.74. The first-order valence-corrected chi connectivity index (χ1v) is 8.72. The van der Waals surface area contributed by atoms with Gasteiger partial charge in [0.15, 0.2) is 0 Å². The van der Waals surface area contributed by atoms with Gasteiger partial charge in [-0.2, -0.15) is 5.10 Å². The summed E-state index contributed by atoms with van der Waals surface area (Å²) in [6.45, 7) is 0. The van der Waals surface area contributed by atoms with Crippen LogP contribution < -0.4 is 4.72 Å². The lowest BCUT2D eigenvalue weighted by molar-refractivity contribution is 0.289. The van der Waals surface area contributed by atoms with E-state index < -0.39 is 10.0 Å². The van der Waals surface area contributed by atoms with Crippen molar-refractivity contribution in [3.05, 3.63) is 40.6 Å². The molecule has 0 spiro atoms. The van der Waals surface area contributed by atoms with E-state index in [9.17, 15) is 8.42 Å². The van der Waals surface area contributed by atoms with E-state index in [1.807, 2.05) is 0 Å². The lowest BCUT2D eigenvalue weighted by atomic mass is 9.93. The van der Waals surface area contributed by atoms with E-state index in [1.165, 1.54) is 12.4 Å². The average Bonchev–Trinajstić information content (AvgIpc) is 2.82. The number of nitrogens with one attached hydrogen (secondary N) is 1. The fraction of sp³-hybridized carbons (Fsp3) is 0.308. The third-order valence-corrected chi connectivity index (χ3v) is 5.47. The SMILES string of the molecule is O=S(=O)(Nc1c(Cl)cccc1Cl)c1cnn(C2CCC2)c1. The summed E-state index contributed by atoms with van der Waals surface area (Å²) >= 11 is 12.0. The van der Waals surface area contributed by atoms with Crippen molar-refractivity contribution in [2.24, 2.45) is 0 Å². The molecule has 1 aromatic heterocycles. The Balaban J connectivity index is 1.88. The van der Waals surface area contributed by atoms with Crippen LogP contribution in [0.4, 0.5) is 5.69 Å². The van der Waals surface area contributed by atoms with E-state index in [0.717, 1.165) is 19.3 Å². The lowest BCUT2D eigenvalue weighted by Gasteiger charge is -2.25. The van der Waals surface area contributed by atoms with Crippen molar-refractivity contribution in [1.29, 1.82) is 0 Å². The molecule has 1 aromatic carbocycles. The molecule has 21 heavy (non-hydrogen) atoms. The Labute approximate surface area is 132 Å². The number of hydrogen-bond donors (Lipinski definition) is 1. The number of aromatic nitrogens is 2. The number of anilines is 1. The van der Waals surface area contributed by atoms with Crippen LogP contribution in [0.15, 0.2) is 35.5 Å². The van der Waals surface area contributed by atoms with Crippen LogP contribution in [0.5, 0.6) is 0 Å². The first kappa shape index (κ1) is 14.7. The van der Waals surface area contributed by atoms with Crippen molar-refractivity contribution in [2.45, 2.75) is 30.2 Å². The molecule has 1 heterocycles. The summed E-state index contributed by atoms with van der Waals surface area (Å²) in [5, 5.41) is 4.62. The van der Waals surface area contributed by atoms with Crippen LogP contribution in [0.25, 0.3) is 0 Å². The molecule has 1 aliphatic carbocycles. The van der Waals surface area contributed by atoms with Gasteiger partial charge in [0, 0.05) is 6.20 Å². The maximum atomic E-state index is 12.4. The molecule has 0 aliphatic heterocycles. The van der Waals surface area contributed by atoms with Gasteiger partial charge < -0.3 is 0 Å². The van der Waals surface area contributed by atoms with Crippen LogP contribution in [0.1, 0.15) is 25.3 Å². The van der Waals surface area contributed by atoms with Crippen LogP contribution >= 0.6 is 23.2 Å². The second-order valence-electron chi connectivity index (χ2n) is 4.94. The first-order valence-electron chi connectivity index (χ1n) is 6.48. The molecule has 0 amide bonds. The highest BCUT2D eigenvalue weighted by Crippen LogP contribution is 2.33. The molecule has 0 saturated heterocycles. The molecule has 0 bridgehead atoms. The van der Waals surface area contributed by atoms with Crippen molar-refractivity contribution in [1.82, 2.24) is 9.78 Å². The minimum absolute atomic E-state index is 0.102. The molecule has 1 saturated carbocycles. The minimum Gasteiger partial charge on any atom is -0.276 e. The summed E-state index contributed by atoms with van der Waals surface area (Å²) in [6, 6.07) is 5.10. The molecule has 1 N–H and O–H groups in total. The van der Waals surface area contributed by atoms with Crippen LogP contribution in [-0.2, 0) is 10.0 Å². The number of nitrogens with zero attached hydrogens (tertiary/aromatic N) is 2. The summed E-state index contributed by atoms with van der Waals surface area (Å²) in [7, 11) is -3.76. The quantitative estimate of drug-likeness (QED) is 0.918. The normalized spacial score (nSPS) is 15.7. The largest absolute Gasteiger partial charge is 0.276 e. The Morgan fingerprint density at radius 1 is 1.24 bits per heavy atom. The first-order chi connectivity index (χ1) is 9.97. The maximum absolute atomic E-state index is 12.4. The van der Waals surface area contributed by atoms with Gasteiger partial charge in [0.1, 0.15) is 4.90 Å². The number of benzene rings is 1. The third-order valence-electron chi connectivity index (χ3n) is 3.54. The van der Waals surface area contributed by atoms with E-state index in [-0.39, 0.29) is 20.6 Å². The summed E-state index contributed by atoms with van der Waals surface area (Å²) in [5.74, 6) is 0. The zero-order valence-electron chi connectivity index (χ0n) is 11.0. The molecule has 0 atom stereocenters. The number of halogens is 2. The lowest BCUT2D eigenvalue weighted by Crippen LogP contribution is -2.17. The highest BCUT2D eigenvalue weighted by atomic mass is 35.5. The molecular formula is C13H13Cl2N3O2S. The highest BCUT2D eigenvalue weighted by molar-refractivity contribution is 7.92. The smallest absolute Gasteiger partial charge is 0.265 e. The van der Waals surface area contributed by atoms with Crippen molar-refractivity contribution < 1.29 is 8.42 Å². The molecule has 0 unspecified atom stereocenters. The Morgan fingerprint density at radius 2 is 1.90 bits per heavy atom. The summed E-state index contributed by atoms with van der Waals surface area (Å²) in [5.41, 5.74) is 0.178. The van der Waals surface area contributed by atoms with Gasteiger partial charge in [0.2, 0.25) is 0 Å². The van der Waals surface area contributed by atoms with E-state index >= 15 is 0 Å². The van der Waals surface area contributed by atoms with Crippen LogP contribution in [0.3, 0.4) is 0 Å². The Morgan fingerprint density at radius 3 is 2.48 bits per heavy atom. The van der Waals surface area contributed by atoms with Gasteiger partial charge in [-0.3, -0.25) is 9.40 Å². The van der Waals surface area contributed by atoms with Gasteiger partial charge in [-0.1, -0.05) is 29.3 Å². The van der Waals surface area contributed by atoms with E-state index in [1.54, 1.807) is 22.9 Å². The second-order valence-corrected chi connectivity index (χ2v) is 7.44. The van der Waals surface area contributed by atoms with Gasteiger partial charge in [0.05, 0.1) is 28.0 Å². The van der Waals surface area contributed by atoms with Crippen molar-refractivity contribution in [3.63, 3.8) is 0 Å². The zero-order chi connectivity index (χ0) is 15.0. The maximum Gasteiger partial charge on any atom is 0.265 e. The summed E-state index contributed by atoms with van der Waals surface area (Å²) in [4.78, 5) is 0.102. The Hall–Kier alpha value is -1.24. The number of para-hydroxylation sites is 1. The van der Waals surface area contributed by atoms with Crippen LogP contribution in [0, 0.1) is 0 Å². The van der Waals surface area contributed by atoms with Crippen LogP contribution in [-0.4, -0.2) is 18.2 Å². The van der Waals surface area contributed by atoms with Gasteiger partial charge in [-0.25, -0.2) is 8.42 Å². The molecule has 1 fully saturated rings. The molecule has 0 radical (unpaired) electrons. The zero-order valence-corrected chi connectivity index (χ0v) is 13.3. The van der Waals surface area contributed by atoms with E-state index in [2.05, 4.69) is 9.82 Å². The molecule has 1 aliphatic rings. The number of sulfonamides is 1. The summed E-state index contributed by atoms with van der Waals surface area (Å²) in [6.07, 6.45) is 6.10. The molecule has 2 aromatic rings. The second kappa shape index (κ2) is 5.51. The number of rotatable bonds is 4. The Bertz CT molecular complexity index is 749. The van der Waals surface area contributed by atoms with Crippen molar-refractivity contribution in [3.8, 4) is 0 Å². The predicted molar refractivity (Wildman–Crippen MR) is 82.4 cm³/mol. The molecule has 3 rings (SSSR count). The minimum atomic E-state index is -3.76. The van der Waals surface area contributed by atoms with E-state index in [4.69, 9.17) is 23.2 Å². The van der Waals surface area contributed by atoms with Crippen molar-refractivity contribution in [2.75, 3.05) is 4.72 Å². The standard InChI is InChI=1S/C13H13Cl2N3O2S/c14-11-5-2-6-12(15)13(11)17-21(19,20)10-7-16-18(8-10)9-3-1-4-9/h2,5-9,17H,1,3-4H2. The topological polar surface area (TPSA) is 64.0 Å². The van der Waals surface area contributed by atoms with Gasteiger partial charge in [-0.05, 0) is 31.4 Å². The number of hydrogen-bond acceptors (Lipinski definition) is 3. The Kier molecular flexibility index (Phi) is 3.86. The van der Waals surface area contributed by atoms with Gasteiger partial charge >= 0.3 is 0 Å². The monoisotopic (exact) mass is 345 g/mol. The summed E-state index contributed by atoms with van der Waals surface area (Å²) < 4.78 is 28.8. The molecule has 112 valence electrons. The molecular weight excluding hydrogens is 333 g/mol. The fourth-order valence-electron chi connectivity index (χ4n) is 2.10. The third kappa shape index (κ3) is 2.88. The predicted octanol–water partition coefficient (Wildman–Crippen LogP) is 3.72. The average molecular weight is 346 g/mol. The van der Waals surface area contributed by atoms with Gasteiger partial charge in [-0.15, -0.1) is 0 Å². The highest BCUT2D eigenvalue weighted by Gasteiger charge is 2.24.